The molecule has 3 rings (SSSR count). The Labute approximate surface area is 142 Å². The van der Waals surface area contributed by atoms with Crippen LogP contribution in [-0.2, 0) is 17.6 Å². The van der Waals surface area contributed by atoms with E-state index in [9.17, 15) is 9.59 Å². The van der Waals surface area contributed by atoms with Gasteiger partial charge in [-0.3, -0.25) is 10.1 Å². The third kappa shape index (κ3) is 3.32. The van der Waals surface area contributed by atoms with E-state index in [0.717, 1.165) is 28.1 Å². The van der Waals surface area contributed by atoms with Gasteiger partial charge in [0.05, 0.1) is 5.25 Å². The van der Waals surface area contributed by atoms with Gasteiger partial charge in [-0.1, -0.05) is 11.8 Å². The zero-order chi connectivity index (χ0) is 16.4. The third-order valence-corrected chi connectivity index (χ3v) is 6.14. The normalized spacial score (nSPS) is 15.0. The Balaban J connectivity index is 1.86. The van der Waals surface area contributed by atoms with Gasteiger partial charge in [-0.25, -0.2) is 14.8 Å². The molecule has 0 bridgehead atoms. The molecule has 0 fully saturated rings. The van der Waals surface area contributed by atoms with Gasteiger partial charge in [0.1, 0.15) is 16.2 Å². The average Bonchev–Trinajstić information content (AvgIpc) is 2.94. The fraction of sp³-hybridized carbons (Fsp3) is 0.467. The van der Waals surface area contributed by atoms with Crippen LogP contribution < -0.4 is 10.6 Å². The van der Waals surface area contributed by atoms with Gasteiger partial charge in [0.25, 0.3) is 0 Å². The molecule has 2 heterocycles. The number of nitrogens with zero attached hydrogens (tertiary/aromatic N) is 2. The summed E-state index contributed by atoms with van der Waals surface area (Å²) in [6.45, 7) is 1.77. The van der Waals surface area contributed by atoms with Crippen LogP contribution in [0.15, 0.2) is 11.4 Å². The number of nitrogens with one attached hydrogen (secondary N) is 2. The minimum Gasteiger partial charge on any atom is -0.341 e. The van der Waals surface area contributed by atoms with Crippen molar-refractivity contribution in [1.29, 1.82) is 0 Å². The van der Waals surface area contributed by atoms with Crippen LogP contribution in [-0.4, -0.2) is 34.2 Å². The lowest BCUT2D eigenvalue weighted by atomic mass is 9.97. The summed E-state index contributed by atoms with van der Waals surface area (Å²) in [4.78, 5) is 34.5. The summed E-state index contributed by atoms with van der Waals surface area (Å²) in [5, 5.41) is 6.19. The first kappa shape index (κ1) is 16.2. The number of aromatic nitrogens is 2. The summed E-state index contributed by atoms with van der Waals surface area (Å²) in [5.41, 5.74) is 1.35. The number of amides is 3. The maximum absolute atomic E-state index is 12.0. The molecule has 6 nitrogen and oxygen atoms in total. The first-order chi connectivity index (χ1) is 11.1. The molecule has 2 aromatic heterocycles. The first-order valence-corrected chi connectivity index (χ1v) is 9.24. The van der Waals surface area contributed by atoms with Crippen molar-refractivity contribution >= 4 is 45.3 Å². The number of carbonyl (C=O) groups excluding carboxylic acids is 2. The molecular weight excluding hydrogens is 332 g/mol. The van der Waals surface area contributed by atoms with E-state index in [1.807, 2.05) is 0 Å². The summed E-state index contributed by atoms with van der Waals surface area (Å²) in [6.07, 6.45) is 6.11. The second-order valence-corrected chi connectivity index (χ2v) is 7.81. The van der Waals surface area contributed by atoms with Crippen molar-refractivity contribution in [3.05, 3.63) is 16.8 Å². The number of thiophene rings is 1. The van der Waals surface area contributed by atoms with Crippen LogP contribution in [0.4, 0.5) is 4.79 Å². The Morgan fingerprint density at radius 3 is 2.87 bits per heavy atom. The number of rotatable bonds is 3. The molecule has 0 radical (unpaired) electrons. The molecule has 0 unspecified atom stereocenters. The Morgan fingerprint density at radius 1 is 1.30 bits per heavy atom. The predicted molar refractivity (Wildman–Crippen MR) is 92.0 cm³/mol. The van der Waals surface area contributed by atoms with Gasteiger partial charge in [0.15, 0.2) is 0 Å². The van der Waals surface area contributed by atoms with Crippen LogP contribution in [0, 0.1) is 0 Å². The number of aryl methyl sites for hydroxylation is 2. The van der Waals surface area contributed by atoms with Crippen molar-refractivity contribution < 1.29 is 9.59 Å². The zero-order valence-electron chi connectivity index (χ0n) is 13.0. The lowest BCUT2D eigenvalue weighted by molar-refractivity contribution is -0.119. The Hall–Kier alpha value is -1.67. The predicted octanol–water partition coefficient (Wildman–Crippen LogP) is 2.51. The van der Waals surface area contributed by atoms with E-state index in [4.69, 9.17) is 0 Å². The maximum atomic E-state index is 12.0. The van der Waals surface area contributed by atoms with Crippen LogP contribution in [0.25, 0.3) is 10.2 Å². The molecule has 1 atom stereocenters. The zero-order valence-corrected chi connectivity index (χ0v) is 14.6. The van der Waals surface area contributed by atoms with E-state index < -0.39 is 11.3 Å². The lowest BCUT2D eigenvalue weighted by Gasteiger charge is -2.13. The summed E-state index contributed by atoms with van der Waals surface area (Å²) in [5.74, 6) is -0.329. The molecule has 2 N–H and O–H groups in total. The van der Waals surface area contributed by atoms with Crippen LogP contribution in [0.2, 0.25) is 0 Å². The minimum atomic E-state index is -0.497. The highest BCUT2D eigenvalue weighted by molar-refractivity contribution is 8.00. The second-order valence-electron chi connectivity index (χ2n) is 5.40. The SMILES string of the molecule is CNC(=O)NC(=O)[C@H](C)Sc1ncnc2sc3c(c12)CCCC3. The van der Waals surface area contributed by atoms with Crippen LogP contribution >= 0.6 is 23.1 Å². The van der Waals surface area contributed by atoms with Crippen LogP contribution in [0.5, 0.6) is 0 Å². The number of urea groups is 1. The molecule has 8 heteroatoms. The molecule has 23 heavy (non-hydrogen) atoms. The Bertz CT molecular complexity index is 759. The van der Waals surface area contributed by atoms with E-state index in [-0.39, 0.29) is 5.91 Å². The molecule has 3 amide bonds. The van der Waals surface area contributed by atoms with Gasteiger partial charge in [0, 0.05) is 17.3 Å². The van der Waals surface area contributed by atoms with Crippen molar-refractivity contribution in [2.45, 2.75) is 42.9 Å². The molecule has 0 aromatic carbocycles. The number of imide groups is 1. The molecule has 1 aliphatic rings. The van der Waals surface area contributed by atoms with Crippen molar-refractivity contribution in [1.82, 2.24) is 20.6 Å². The number of fused-ring (bicyclic) bond motifs is 3. The van der Waals surface area contributed by atoms with E-state index in [0.29, 0.717) is 0 Å². The largest absolute Gasteiger partial charge is 0.341 e. The fourth-order valence-corrected chi connectivity index (χ4v) is 4.89. The topological polar surface area (TPSA) is 84.0 Å². The summed E-state index contributed by atoms with van der Waals surface area (Å²) in [7, 11) is 1.48. The van der Waals surface area contributed by atoms with Gasteiger partial charge in [-0.2, -0.15) is 0 Å². The third-order valence-electron chi connectivity index (χ3n) is 3.84. The Kier molecular flexibility index (Phi) is 4.82. The van der Waals surface area contributed by atoms with Crippen LogP contribution in [0.1, 0.15) is 30.2 Å². The second kappa shape index (κ2) is 6.84. The maximum Gasteiger partial charge on any atom is 0.321 e. The van der Waals surface area contributed by atoms with Gasteiger partial charge in [-0.15, -0.1) is 11.3 Å². The molecule has 122 valence electrons. The molecule has 2 aromatic rings. The summed E-state index contributed by atoms with van der Waals surface area (Å²) >= 11 is 3.11. The van der Waals surface area contributed by atoms with E-state index in [1.165, 1.54) is 42.1 Å². The van der Waals surface area contributed by atoms with E-state index in [2.05, 4.69) is 20.6 Å². The van der Waals surface area contributed by atoms with Gasteiger partial charge in [0.2, 0.25) is 5.91 Å². The Morgan fingerprint density at radius 2 is 2.09 bits per heavy atom. The quantitative estimate of drug-likeness (QED) is 0.656. The van der Waals surface area contributed by atoms with Crippen molar-refractivity contribution in [3.63, 3.8) is 0 Å². The van der Waals surface area contributed by atoms with Crippen LogP contribution in [0.3, 0.4) is 0 Å². The monoisotopic (exact) mass is 350 g/mol. The lowest BCUT2D eigenvalue weighted by Crippen LogP contribution is -2.41. The van der Waals surface area contributed by atoms with E-state index >= 15 is 0 Å². The molecule has 1 aliphatic carbocycles. The first-order valence-electron chi connectivity index (χ1n) is 7.54. The highest BCUT2D eigenvalue weighted by Gasteiger charge is 2.23. The number of carbonyl (C=O) groups is 2. The molecule has 0 saturated heterocycles. The number of hydrogen-bond acceptors (Lipinski definition) is 6. The smallest absolute Gasteiger partial charge is 0.321 e. The summed E-state index contributed by atoms with van der Waals surface area (Å²) in [6, 6.07) is -0.497. The standard InChI is InChI=1S/C15H18N4O2S2/c1-8(12(20)19-15(21)16-2)22-13-11-9-5-3-4-6-10(9)23-14(11)18-7-17-13/h7-8H,3-6H2,1-2H3,(H2,16,19,20,21)/t8-/m0/s1. The average molecular weight is 350 g/mol. The molecular formula is C15H18N4O2S2. The number of hydrogen-bond donors (Lipinski definition) is 2. The molecule has 0 saturated carbocycles. The van der Waals surface area contributed by atoms with Crippen molar-refractivity contribution in [2.75, 3.05) is 7.05 Å². The van der Waals surface area contributed by atoms with Gasteiger partial charge < -0.3 is 5.32 Å². The minimum absolute atomic E-state index is 0.329. The number of thioether (sulfide) groups is 1. The fourth-order valence-electron chi connectivity index (χ4n) is 2.65. The van der Waals surface area contributed by atoms with Gasteiger partial charge >= 0.3 is 6.03 Å². The summed E-state index contributed by atoms with van der Waals surface area (Å²) < 4.78 is 0. The molecule has 0 spiro atoms. The van der Waals surface area contributed by atoms with E-state index in [1.54, 1.807) is 24.6 Å². The van der Waals surface area contributed by atoms with Gasteiger partial charge in [-0.05, 0) is 38.2 Å². The molecule has 0 aliphatic heterocycles. The van der Waals surface area contributed by atoms with Crippen molar-refractivity contribution in [2.24, 2.45) is 0 Å². The highest BCUT2D eigenvalue weighted by atomic mass is 32.2. The van der Waals surface area contributed by atoms with Crippen molar-refractivity contribution in [3.8, 4) is 0 Å². The highest BCUT2D eigenvalue weighted by Crippen LogP contribution is 2.40.